The number of rotatable bonds is 6. The van der Waals surface area contributed by atoms with Gasteiger partial charge in [-0.05, 0) is 35.7 Å². The van der Waals surface area contributed by atoms with Crippen molar-refractivity contribution < 1.29 is 14.0 Å². The standard InChI is InChI=1S/C20H21FN4O2/c1-12(2)17(18(22)26)24-20(27)16-11-25(19-15(16)4-3-9-23-19)10-13-5-7-14(21)8-6-13/h3-9,11-12,17H,10H2,1-2H3,(H2,22,26)(H,24,27)/t17-/m0/s1. The Morgan fingerprint density at radius 1 is 1.22 bits per heavy atom. The van der Waals surface area contributed by atoms with Gasteiger partial charge in [0.15, 0.2) is 0 Å². The average molecular weight is 368 g/mol. The number of halogens is 1. The number of carbonyl (C=O) groups excluding carboxylic acids is 2. The Morgan fingerprint density at radius 2 is 1.93 bits per heavy atom. The highest BCUT2D eigenvalue weighted by Gasteiger charge is 2.24. The van der Waals surface area contributed by atoms with Crippen molar-refractivity contribution in [2.24, 2.45) is 11.7 Å². The molecule has 2 aromatic heterocycles. The highest BCUT2D eigenvalue weighted by atomic mass is 19.1. The molecule has 0 radical (unpaired) electrons. The lowest BCUT2D eigenvalue weighted by Gasteiger charge is -2.18. The van der Waals surface area contributed by atoms with Crippen LogP contribution in [0.3, 0.4) is 0 Å². The zero-order chi connectivity index (χ0) is 19.6. The average Bonchev–Trinajstić information content (AvgIpc) is 3.00. The van der Waals surface area contributed by atoms with Crippen molar-refractivity contribution in [1.29, 1.82) is 0 Å². The van der Waals surface area contributed by atoms with E-state index in [1.807, 2.05) is 18.4 Å². The molecular formula is C20H21FN4O2. The molecule has 0 spiro atoms. The molecule has 0 aliphatic rings. The van der Waals surface area contributed by atoms with E-state index in [2.05, 4.69) is 10.3 Å². The highest BCUT2D eigenvalue weighted by Crippen LogP contribution is 2.21. The molecule has 3 aromatic rings. The summed E-state index contributed by atoms with van der Waals surface area (Å²) in [4.78, 5) is 28.7. The second kappa shape index (κ2) is 7.57. The molecule has 1 atom stereocenters. The zero-order valence-corrected chi connectivity index (χ0v) is 15.1. The normalized spacial score (nSPS) is 12.3. The van der Waals surface area contributed by atoms with Gasteiger partial charge in [-0.1, -0.05) is 26.0 Å². The third kappa shape index (κ3) is 3.97. The van der Waals surface area contributed by atoms with Crippen molar-refractivity contribution in [3.8, 4) is 0 Å². The lowest BCUT2D eigenvalue weighted by atomic mass is 10.0. The van der Waals surface area contributed by atoms with E-state index in [1.54, 1.807) is 36.7 Å². The van der Waals surface area contributed by atoms with E-state index in [0.717, 1.165) is 5.56 Å². The Kier molecular flexibility index (Phi) is 5.21. The van der Waals surface area contributed by atoms with E-state index in [-0.39, 0.29) is 17.6 Å². The summed E-state index contributed by atoms with van der Waals surface area (Å²) in [5.41, 5.74) is 7.31. The van der Waals surface area contributed by atoms with Crippen molar-refractivity contribution in [2.45, 2.75) is 26.4 Å². The van der Waals surface area contributed by atoms with E-state index in [4.69, 9.17) is 5.73 Å². The largest absolute Gasteiger partial charge is 0.368 e. The molecular weight excluding hydrogens is 347 g/mol. The minimum absolute atomic E-state index is 0.128. The predicted octanol–water partition coefficient (Wildman–Crippen LogP) is 2.46. The van der Waals surface area contributed by atoms with Crippen LogP contribution in [0, 0.1) is 11.7 Å². The lowest BCUT2D eigenvalue weighted by molar-refractivity contribution is -0.120. The number of nitrogens with two attached hydrogens (primary N) is 1. The first-order chi connectivity index (χ1) is 12.9. The molecule has 0 unspecified atom stereocenters. The van der Waals surface area contributed by atoms with Gasteiger partial charge in [0.25, 0.3) is 5.91 Å². The van der Waals surface area contributed by atoms with Gasteiger partial charge in [0, 0.05) is 24.3 Å². The maximum Gasteiger partial charge on any atom is 0.254 e. The summed E-state index contributed by atoms with van der Waals surface area (Å²) in [5.74, 6) is -1.40. The van der Waals surface area contributed by atoms with Crippen LogP contribution in [-0.2, 0) is 11.3 Å². The Balaban J connectivity index is 1.95. The number of fused-ring (bicyclic) bond motifs is 1. The molecule has 0 saturated heterocycles. The molecule has 2 heterocycles. The van der Waals surface area contributed by atoms with Crippen LogP contribution in [-0.4, -0.2) is 27.4 Å². The summed E-state index contributed by atoms with van der Waals surface area (Å²) in [6.07, 6.45) is 3.33. The Bertz CT molecular complexity index is 979. The molecule has 6 nitrogen and oxygen atoms in total. The van der Waals surface area contributed by atoms with Gasteiger partial charge >= 0.3 is 0 Å². The van der Waals surface area contributed by atoms with Crippen molar-refractivity contribution >= 4 is 22.8 Å². The summed E-state index contributed by atoms with van der Waals surface area (Å²) >= 11 is 0. The van der Waals surface area contributed by atoms with Gasteiger partial charge in [0.05, 0.1) is 5.56 Å². The van der Waals surface area contributed by atoms with Crippen LogP contribution in [0.5, 0.6) is 0 Å². The van der Waals surface area contributed by atoms with Crippen molar-refractivity contribution in [2.75, 3.05) is 0 Å². The van der Waals surface area contributed by atoms with Gasteiger partial charge in [0.2, 0.25) is 5.91 Å². The van der Waals surface area contributed by atoms with E-state index >= 15 is 0 Å². The minimum atomic E-state index is -0.760. The number of hydrogen-bond acceptors (Lipinski definition) is 3. The summed E-state index contributed by atoms with van der Waals surface area (Å²) in [6.45, 7) is 4.06. The Labute approximate surface area is 156 Å². The maximum atomic E-state index is 13.1. The van der Waals surface area contributed by atoms with Crippen molar-refractivity contribution in [1.82, 2.24) is 14.9 Å². The predicted molar refractivity (Wildman–Crippen MR) is 101 cm³/mol. The second-order valence-electron chi connectivity index (χ2n) is 6.77. The fourth-order valence-electron chi connectivity index (χ4n) is 3.00. The molecule has 0 aliphatic carbocycles. The maximum absolute atomic E-state index is 13.1. The van der Waals surface area contributed by atoms with Crippen LogP contribution >= 0.6 is 0 Å². The molecule has 7 heteroatoms. The van der Waals surface area contributed by atoms with E-state index < -0.39 is 11.9 Å². The highest BCUT2D eigenvalue weighted by molar-refractivity contribution is 6.07. The quantitative estimate of drug-likeness (QED) is 0.700. The summed E-state index contributed by atoms with van der Waals surface area (Å²) < 4.78 is 15.0. The van der Waals surface area contributed by atoms with Crippen LogP contribution in [0.1, 0.15) is 29.8 Å². The Hall–Kier alpha value is -3.22. The first kappa shape index (κ1) is 18.6. The molecule has 3 rings (SSSR count). The number of hydrogen-bond donors (Lipinski definition) is 2. The van der Waals surface area contributed by atoms with Crippen LogP contribution in [0.25, 0.3) is 11.0 Å². The van der Waals surface area contributed by atoms with Crippen LogP contribution in [0.15, 0.2) is 48.8 Å². The first-order valence-corrected chi connectivity index (χ1v) is 8.65. The van der Waals surface area contributed by atoms with Crippen LogP contribution < -0.4 is 11.1 Å². The number of aromatic nitrogens is 2. The molecule has 0 saturated carbocycles. The molecule has 3 N–H and O–H groups in total. The second-order valence-corrected chi connectivity index (χ2v) is 6.77. The molecule has 0 fully saturated rings. The summed E-state index contributed by atoms with van der Waals surface area (Å²) in [5, 5.41) is 3.38. The van der Waals surface area contributed by atoms with E-state index in [9.17, 15) is 14.0 Å². The Morgan fingerprint density at radius 3 is 2.56 bits per heavy atom. The third-order valence-corrected chi connectivity index (χ3v) is 4.40. The minimum Gasteiger partial charge on any atom is -0.368 e. The van der Waals surface area contributed by atoms with Gasteiger partial charge < -0.3 is 15.6 Å². The third-order valence-electron chi connectivity index (χ3n) is 4.40. The topological polar surface area (TPSA) is 90.0 Å². The van der Waals surface area contributed by atoms with Crippen LogP contribution in [0.2, 0.25) is 0 Å². The number of nitrogens with one attached hydrogen (secondary N) is 1. The number of primary amides is 1. The molecule has 27 heavy (non-hydrogen) atoms. The fraction of sp³-hybridized carbons (Fsp3) is 0.250. The van der Waals surface area contributed by atoms with E-state index in [1.165, 1.54) is 12.1 Å². The smallest absolute Gasteiger partial charge is 0.254 e. The van der Waals surface area contributed by atoms with Gasteiger partial charge in [-0.15, -0.1) is 0 Å². The molecule has 1 aromatic carbocycles. The van der Waals surface area contributed by atoms with E-state index in [0.29, 0.717) is 23.1 Å². The number of nitrogens with zero attached hydrogens (tertiary/aromatic N) is 2. The monoisotopic (exact) mass is 368 g/mol. The number of pyridine rings is 1. The van der Waals surface area contributed by atoms with Gasteiger partial charge in [-0.25, -0.2) is 9.37 Å². The van der Waals surface area contributed by atoms with Crippen molar-refractivity contribution in [3.63, 3.8) is 0 Å². The fourth-order valence-corrected chi connectivity index (χ4v) is 3.00. The number of carbonyl (C=O) groups is 2. The van der Waals surface area contributed by atoms with Gasteiger partial charge in [-0.3, -0.25) is 9.59 Å². The van der Waals surface area contributed by atoms with Crippen molar-refractivity contribution in [3.05, 3.63) is 65.7 Å². The summed E-state index contributed by atoms with van der Waals surface area (Å²) in [6, 6.07) is 8.94. The zero-order valence-electron chi connectivity index (χ0n) is 15.1. The molecule has 2 amide bonds. The number of amides is 2. The lowest BCUT2D eigenvalue weighted by Crippen LogP contribution is -2.47. The SMILES string of the molecule is CC(C)[C@H](NC(=O)c1cn(Cc2ccc(F)cc2)c2ncccc12)C(N)=O. The first-order valence-electron chi connectivity index (χ1n) is 8.65. The molecule has 140 valence electrons. The number of benzene rings is 1. The van der Waals surface area contributed by atoms with Gasteiger partial charge in [-0.2, -0.15) is 0 Å². The molecule has 0 aliphatic heterocycles. The van der Waals surface area contributed by atoms with Gasteiger partial charge in [0.1, 0.15) is 17.5 Å². The molecule has 0 bridgehead atoms. The summed E-state index contributed by atoms with van der Waals surface area (Å²) in [7, 11) is 0. The van der Waals surface area contributed by atoms with Crippen LogP contribution in [0.4, 0.5) is 4.39 Å².